The van der Waals surface area contributed by atoms with E-state index in [1.54, 1.807) is 37.3 Å². The van der Waals surface area contributed by atoms with Crippen molar-refractivity contribution in [3.63, 3.8) is 0 Å². The van der Waals surface area contributed by atoms with Crippen LogP contribution < -0.4 is 10.6 Å². The molecule has 2 N–H and O–H groups in total. The Hall–Kier alpha value is -3.22. The van der Waals surface area contributed by atoms with E-state index >= 15 is 0 Å². The number of hydrogen-bond acceptors (Lipinski definition) is 4. The van der Waals surface area contributed by atoms with Crippen molar-refractivity contribution in [1.29, 1.82) is 0 Å². The number of anilines is 2. The SMILES string of the molecule is CCC(CC)C(=O)Nc1cccc(C(=O)Nc2cc([N+](=O)[O-])ccc2C)c1. The number of nitro benzene ring substituents is 1. The molecule has 0 saturated carbocycles. The lowest BCUT2D eigenvalue weighted by molar-refractivity contribution is -0.384. The summed E-state index contributed by atoms with van der Waals surface area (Å²) in [6.07, 6.45) is 1.49. The van der Waals surface area contributed by atoms with E-state index in [1.165, 1.54) is 12.1 Å². The molecule has 2 aromatic rings. The summed E-state index contributed by atoms with van der Waals surface area (Å²) < 4.78 is 0. The van der Waals surface area contributed by atoms with Crippen LogP contribution in [0.25, 0.3) is 0 Å². The molecular formula is C20H23N3O4. The minimum atomic E-state index is -0.511. The van der Waals surface area contributed by atoms with Gasteiger partial charge in [-0.1, -0.05) is 26.0 Å². The van der Waals surface area contributed by atoms with E-state index < -0.39 is 10.8 Å². The number of nitro groups is 1. The highest BCUT2D eigenvalue weighted by molar-refractivity contribution is 6.06. The van der Waals surface area contributed by atoms with Gasteiger partial charge in [-0.05, 0) is 43.5 Å². The lowest BCUT2D eigenvalue weighted by Crippen LogP contribution is -2.22. The van der Waals surface area contributed by atoms with E-state index in [0.717, 1.165) is 12.8 Å². The van der Waals surface area contributed by atoms with Crippen LogP contribution in [0.5, 0.6) is 0 Å². The van der Waals surface area contributed by atoms with Crippen LogP contribution in [0.3, 0.4) is 0 Å². The first kappa shape index (κ1) is 20.1. The zero-order valence-corrected chi connectivity index (χ0v) is 15.6. The van der Waals surface area contributed by atoms with Gasteiger partial charge in [-0.3, -0.25) is 19.7 Å². The Balaban J connectivity index is 2.17. The number of aryl methyl sites for hydroxylation is 1. The number of nitrogens with one attached hydrogen (secondary N) is 2. The van der Waals surface area contributed by atoms with Gasteiger partial charge in [0.2, 0.25) is 5.91 Å². The van der Waals surface area contributed by atoms with Crippen LogP contribution in [0, 0.1) is 23.0 Å². The van der Waals surface area contributed by atoms with Gasteiger partial charge in [0.15, 0.2) is 0 Å². The molecule has 2 aromatic carbocycles. The van der Waals surface area contributed by atoms with Crippen LogP contribution in [0.4, 0.5) is 17.1 Å². The first-order chi connectivity index (χ1) is 12.8. The maximum absolute atomic E-state index is 12.5. The molecule has 0 saturated heterocycles. The highest BCUT2D eigenvalue weighted by atomic mass is 16.6. The van der Waals surface area contributed by atoms with Gasteiger partial charge in [-0.2, -0.15) is 0 Å². The average Bonchev–Trinajstić information content (AvgIpc) is 2.64. The fraction of sp³-hybridized carbons (Fsp3) is 0.300. The molecule has 0 aliphatic heterocycles. The van der Waals surface area contributed by atoms with Crippen molar-refractivity contribution in [1.82, 2.24) is 0 Å². The van der Waals surface area contributed by atoms with Crippen molar-refractivity contribution in [3.8, 4) is 0 Å². The number of nitrogens with zero attached hydrogens (tertiary/aromatic N) is 1. The first-order valence-corrected chi connectivity index (χ1v) is 8.83. The van der Waals surface area contributed by atoms with Crippen molar-refractivity contribution < 1.29 is 14.5 Å². The third kappa shape index (κ3) is 5.13. The van der Waals surface area contributed by atoms with Crippen molar-refractivity contribution in [2.45, 2.75) is 33.6 Å². The zero-order valence-electron chi connectivity index (χ0n) is 15.6. The molecule has 0 fully saturated rings. The predicted molar refractivity (Wildman–Crippen MR) is 105 cm³/mol. The Morgan fingerprint density at radius 2 is 1.78 bits per heavy atom. The lowest BCUT2D eigenvalue weighted by atomic mass is 10.0. The van der Waals surface area contributed by atoms with Crippen LogP contribution in [0.2, 0.25) is 0 Å². The third-order valence-electron chi connectivity index (χ3n) is 4.43. The highest BCUT2D eigenvalue weighted by Gasteiger charge is 2.16. The smallest absolute Gasteiger partial charge is 0.271 e. The minimum absolute atomic E-state index is 0.0741. The van der Waals surface area contributed by atoms with Crippen LogP contribution in [0.1, 0.15) is 42.6 Å². The largest absolute Gasteiger partial charge is 0.326 e. The van der Waals surface area contributed by atoms with Crippen molar-refractivity contribution in [2.75, 3.05) is 10.6 Å². The van der Waals surface area contributed by atoms with Gasteiger partial charge in [-0.25, -0.2) is 0 Å². The van der Waals surface area contributed by atoms with E-state index in [0.29, 0.717) is 22.5 Å². The quantitative estimate of drug-likeness (QED) is 0.553. The second-order valence-corrected chi connectivity index (χ2v) is 6.29. The van der Waals surface area contributed by atoms with Gasteiger partial charge < -0.3 is 10.6 Å². The van der Waals surface area contributed by atoms with Crippen LogP contribution in [-0.2, 0) is 4.79 Å². The summed E-state index contributed by atoms with van der Waals surface area (Å²) in [6.45, 7) is 5.67. The van der Waals surface area contributed by atoms with E-state index in [2.05, 4.69) is 10.6 Å². The number of amides is 2. The molecule has 0 unspecified atom stereocenters. The fourth-order valence-corrected chi connectivity index (χ4v) is 2.69. The molecule has 7 nitrogen and oxygen atoms in total. The maximum atomic E-state index is 12.5. The number of benzene rings is 2. The van der Waals surface area contributed by atoms with Crippen LogP contribution >= 0.6 is 0 Å². The molecule has 2 amide bonds. The Labute approximate surface area is 157 Å². The third-order valence-corrected chi connectivity index (χ3v) is 4.43. The van der Waals surface area contributed by atoms with Gasteiger partial charge in [0.05, 0.1) is 10.6 Å². The molecule has 0 heterocycles. The summed E-state index contributed by atoms with van der Waals surface area (Å²) >= 11 is 0. The standard InChI is InChI=1S/C20H23N3O4/c1-4-14(5-2)19(24)21-16-8-6-7-15(11-16)20(25)22-18-12-17(23(26)27)10-9-13(18)3/h6-12,14H,4-5H2,1-3H3,(H,21,24)(H,22,25). The lowest BCUT2D eigenvalue weighted by Gasteiger charge is -2.13. The molecule has 7 heteroatoms. The van der Waals surface area contributed by atoms with E-state index in [1.807, 2.05) is 13.8 Å². The van der Waals surface area contributed by atoms with Gasteiger partial charge in [0.1, 0.15) is 0 Å². The summed E-state index contributed by atoms with van der Waals surface area (Å²) in [5.74, 6) is -0.556. The molecule has 0 bridgehead atoms. The van der Waals surface area contributed by atoms with E-state index in [9.17, 15) is 19.7 Å². The molecule has 0 aliphatic rings. The van der Waals surface area contributed by atoms with Crippen LogP contribution in [0.15, 0.2) is 42.5 Å². The number of rotatable bonds is 7. The van der Waals surface area contributed by atoms with Gasteiger partial charge in [0.25, 0.3) is 11.6 Å². The molecule has 2 rings (SSSR count). The molecule has 0 aromatic heterocycles. The molecule has 0 atom stereocenters. The van der Waals surface area contributed by atoms with Crippen molar-refractivity contribution in [3.05, 3.63) is 63.7 Å². The molecule has 0 radical (unpaired) electrons. The Morgan fingerprint density at radius 1 is 1.07 bits per heavy atom. The molecule has 0 aliphatic carbocycles. The summed E-state index contributed by atoms with van der Waals surface area (Å²) in [5, 5.41) is 16.4. The minimum Gasteiger partial charge on any atom is -0.326 e. The monoisotopic (exact) mass is 369 g/mol. The second kappa shape index (κ2) is 8.93. The van der Waals surface area contributed by atoms with E-state index in [-0.39, 0.29) is 17.5 Å². The Kier molecular flexibility index (Phi) is 6.65. The summed E-state index contributed by atoms with van der Waals surface area (Å²) in [4.78, 5) is 35.2. The molecule has 0 spiro atoms. The van der Waals surface area contributed by atoms with Gasteiger partial charge >= 0.3 is 0 Å². The number of non-ortho nitro benzene ring substituents is 1. The normalized spacial score (nSPS) is 10.5. The number of carbonyl (C=O) groups excluding carboxylic acids is 2. The first-order valence-electron chi connectivity index (χ1n) is 8.83. The second-order valence-electron chi connectivity index (χ2n) is 6.29. The van der Waals surface area contributed by atoms with Gasteiger partial charge in [-0.15, -0.1) is 0 Å². The van der Waals surface area contributed by atoms with Crippen LogP contribution in [-0.4, -0.2) is 16.7 Å². The summed E-state index contributed by atoms with van der Waals surface area (Å²) in [6, 6.07) is 10.9. The molecule has 27 heavy (non-hydrogen) atoms. The number of carbonyl (C=O) groups is 2. The highest BCUT2D eigenvalue weighted by Crippen LogP contribution is 2.23. The van der Waals surface area contributed by atoms with Crippen molar-refractivity contribution >= 4 is 28.9 Å². The average molecular weight is 369 g/mol. The zero-order chi connectivity index (χ0) is 20.0. The molecular weight excluding hydrogens is 346 g/mol. The predicted octanol–water partition coefficient (Wildman–Crippen LogP) is 4.53. The molecule has 142 valence electrons. The van der Waals surface area contributed by atoms with Crippen molar-refractivity contribution in [2.24, 2.45) is 5.92 Å². The fourth-order valence-electron chi connectivity index (χ4n) is 2.69. The summed E-state index contributed by atoms with van der Waals surface area (Å²) in [7, 11) is 0. The topological polar surface area (TPSA) is 101 Å². The van der Waals surface area contributed by atoms with Gasteiger partial charge in [0, 0.05) is 29.3 Å². The maximum Gasteiger partial charge on any atom is 0.271 e. The summed E-state index contributed by atoms with van der Waals surface area (Å²) in [5.41, 5.74) is 1.88. The Bertz CT molecular complexity index is 860. The van der Waals surface area contributed by atoms with E-state index in [4.69, 9.17) is 0 Å². The Morgan fingerprint density at radius 3 is 2.41 bits per heavy atom. The number of hydrogen-bond donors (Lipinski definition) is 2.